The Balaban J connectivity index is 1.73. The molecule has 1 aromatic heterocycles. The molecule has 1 fully saturated rings. The van der Waals surface area contributed by atoms with Gasteiger partial charge in [-0.15, -0.1) is 11.3 Å². The van der Waals surface area contributed by atoms with Crippen molar-refractivity contribution >= 4 is 27.3 Å². The van der Waals surface area contributed by atoms with Crippen LogP contribution in [0.5, 0.6) is 0 Å². The van der Waals surface area contributed by atoms with Crippen molar-refractivity contribution in [1.29, 1.82) is 0 Å². The van der Waals surface area contributed by atoms with E-state index in [2.05, 4.69) is 5.32 Å². The first-order valence-corrected chi connectivity index (χ1v) is 8.69. The second-order valence-electron chi connectivity index (χ2n) is 4.87. The van der Waals surface area contributed by atoms with E-state index in [9.17, 15) is 13.2 Å². The lowest BCUT2D eigenvalue weighted by Gasteiger charge is -2.24. The summed E-state index contributed by atoms with van der Waals surface area (Å²) in [6.45, 7) is 0.538. The van der Waals surface area contributed by atoms with Gasteiger partial charge in [0.05, 0.1) is 0 Å². The van der Waals surface area contributed by atoms with Gasteiger partial charge in [0.1, 0.15) is 4.21 Å². The summed E-state index contributed by atoms with van der Waals surface area (Å²) in [4.78, 5) is 12.5. The monoisotopic (exact) mass is 302 g/mol. The molecule has 0 saturated heterocycles. The second-order valence-corrected chi connectivity index (χ2v) is 7.82. The Labute approximate surface area is 117 Å². The molecular weight excluding hydrogens is 284 g/mol. The van der Waals surface area contributed by atoms with Crippen molar-refractivity contribution in [3.63, 3.8) is 0 Å². The van der Waals surface area contributed by atoms with E-state index in [-0.39, 0.29) is 10.1 Å². The zero-order valence-corrected chi connectivity index (χ0v) is 12.2. The highest BCUT2D eigenvalue weighted by molar-refractivity contribution is 7.91. The summed E-state index contributed by atoms with van der Waals surface area (Å²) in [5.74, 6) is 0.656. The van der Waals surface area contributed by atoms with Gasteiger partial charge in [0.15, 0.2) is 0 Å². The van der Waals surface area contributed by atoms with Crippen molar-refractivity contribution < 1.29 is 13.2 Å². The van der Waals surface area contributed by atoms with Crippen molar-refractivity contribution in [3.05, 3.63) is 17.0 Å². The van der Waals surface area contributed by atoms with E-state index in [4.69, 9.17) is 5.14 Å². The number of amides is 1. The van der Waals surface area contributed by atoms with Gasteiger partial charge in [-0.25, -0.2) is 13.6 Å². The molecule has 106 valence electrons. The molecule has 5 nitrogen and oxygen atoms in total. The van der Waals surface area contributed by atoms with E-state index in [1.165, 1.54) is 12.5 Å². The average Bonchev–Trinajstić information content (AvgIpc) is 2.72. The van der Waals surface area contributed by atoms with Gasteiger partial charge >= 0.3 is 0 Å². The predicted molar refractivity (Wildman–Crippen MR) is 74.4 cm³/mol. The first-order valence-electron chi connectivity index (χ1n) is 6.33. The number of hydrogen-bond acceptors (Lipinski definition) is 4. The molecule has 0 atom stereocenters. The molecule has 1 aliphatic rings. The summed E-state index contributed by atoms with van der Waals surface area (Å²) in [6, 6.07) is 3.24. The maximum absolute atomic E-state index is 11.6. The Kier molecular flexibility index (Phi) is 4.59. The molecule has 1 aromatic rings. The summed E-state index contributed by atoms with van der Waals surface area (Å²) >= 11 is 1.16. The Morgan fingerprint density at radius 2 is 2.16 bits per heavy atom. The van der Waals surface area contributed by atoms with Gasteiger partial charge in [0.2, 0.25) is 15.9 Å². The van der Waals surface area contributed by atoms with Crippen LogP contribution >= 0.6 is 11.3 Å². The number of nitrogens with one attached hydrogen (secondary N) is 1. The van der Waals surface area contributed by atoms with Gasteiger partial charge in [-0.2, -0.15) is 0 Å². The lowest BCUT2D eigenvalue weighted by atomic mass is 9.83. The summed E-state index contributed by atoms with van der Waals surface area (Å²) < 4.78 is 22.4. The third kappa shape index (κ3) is 4.29. The predicted octanol–water partition coefficient (Wildman–Crippen LogP) is 1.24. The second kappa shape index (κ2) is 6.02. The minimum atomic E-state index is -3.60. The first kappa shape index (κ1) is 14.5. The van der Waals surface area contributed by atoms with Crippen LogP contribution in [0.3, 0.4) is 0 Å². The van der Waals surface area contributed by atoms with Crippen molar-refractivity contribution in [2.24, 2.45) is 11.1 Å². The zero-order chi connectivity index (χ0) is 13.9. The van der Waals surface area contributed by atoms with Crippen molar-refractivity contribution in [3.8, 4) is 0 Å². The lowest BCUT2D eigenvalue weighted by Crippen LogP contribution is -2.29. The number of primary sulfonamides is 1. The van der Waals surface area contributed by atoms with E-state index in [1.54, 1.807) is 6.07 Å². The van der Waals surface area contributed by atoms with E-state index in [0.29, 0.717) is 25.3 Å². The Bertz CT molecular complexity index is 547. The van der Waals surface area contributed by atoms with E-state index >= 15 is 0 Å². The standard InChI is InChI=1S/C12H18N2O3S2/c13-19(16,17)12-5-4-10(18-12)6-7-14-11(15)8-9-2-1-3-9/h4-5,9H,1-3,6-8H2,(H,14,15)(H2,13,16,17). The number of hydrogen-bond donors (Lipinski definition) is 2. The van der Waals surface area contributed by atoms with Crippen molar-refractivity contribution in [2.75, 3.05) is 6.54 Å². The van der Waals surface area contributed by atoms with Crippen LogP contribution in [0.25, 0.3) is 0 Å². The number of rotatable bonds is 6. The van der Waals surface area contributed by atoms with Gasteiger partial charge in [0, 0.05) is 17.8 Å². The van der Waals surface area contributed by atoms with Gasteiger partial charge in [-0.1, -0.05) is 6.42 Å². The fourth-order valence-electron chi connectivity index (χ4n) is 2.00. The van der Waals surface area contributed by atoms with Crippen LogP contribution in [0.2, 0.25) is 0 Å². The molecular formula is C12H18N2O3S2. The Hall–Kier alpha value is -0.920. The highest BCUT2D eigenvalue weighted by atomic mass is 32.2. The van der Waals surface area contributed by atoms with Gasteiger partial charge in [-0.3, -0.25) is 4.79 Å². The van der Waals surface area contributed by atoms with E-state index in [1.807, 2.05) is 0 Å². The van der Waals surface area contributed by atoms with Crippen molar-refractivity contribution in [2.45, 2.75) is 36.3 Å². The maximum atomic E-state index is 11.6. The topological polar surface area (TPSA) is 89.3 Å². The third-order valence-electron chi connectivity index (χ3n) is 3.31. The minimum absolute atomic E-state index is 0.0907. The molecule has 19 heavy (non-hydrogen) atoms. The summed E-state index contributed by atoms with van der Waals surface area (Å²) in [7, 11) is -3.60. The van der Waals surface area contributed by atoms with Crippen LogP contribution in [0.15, 0.2) is 16.3 Å². The van der Waals surface area contributed by atoms with E-state index < -0.39 is 10.0 Å². The van der Waals surface area contributed by atoms with Crippen LogP contribution in [0.4, 0.5) is 0 Å². The number of carbonyl (C=O) groups excluding carboxylic acids is 1. The molecule has 0 spiro atoms. The van der Waals surface area contributed by atoms with E-state index in [0.717, 1.165) is 29.1 Å². The SMILES string of the molecule is NS(=O)(=O)c1ccc(CCNC(=O)CC2CCC2)s1. The third-order valence-corrected chi connectivity index (χ3v) is 5.89. The van der Waals surface area contributed by atoms with Crippen LogP contribution in [0, 0.1) is 5.92 Å². The van der Waals surface area contributed by atoms with Crippen molar-refractivity contribution in [1.82, 2.24) is 5.32 Å². The van der Waals surface area contributed by atoms with Crippen LogP contribution in [-0.2, 0) is 21.2 Å². The van der Waals surface area contributed by atoms with Gasteiger partial charge in [0.25, 0.3) is 0 Å². The van der Waals surface area contributed by atoms with Crippen LogP contribution < -0.4 is 10.5 Å². The molecule has 0 radical (unpaired) electrons. The molecule has 7 heteroatoms. The summed E-state index contributed by atoms with van der Waals surface area (Å²) in [6.07, 6.45) is 4.82. The Morgan fingerprint density at radius 1 is 1.42 bits per heavy atom. The summed E-state index contributed by atoms with van der Waals surface area (Å²) in [5, 5.41) is 7.90. The molecule has 2 rings (SSSR count). The molecule has 3 N–H and O–H groups in total. The van der Waals surface area contributed by atoms with Crippen LogP contribution in [-0.4, -0.2) is 20.9 Å². The average molecular weight is 302 g/mol. The van der Waals surface area contributed by atoms with Gasteiger partial charge in [-0.05, 0) is 37.3 Å². The normalized spacial score (nSPS) is 16.1. The minimum Gasteiger partial charge on any atom is -0.356 e. The highest BCUT2D eigenvalue weighted by Gasteiger charge is 2.20. The lowest BCUT2D eigenvalue weighted by molar-refractivity contribution is -0.122. The molecule has 0 bridgehead atoms. The first-order chi connectivity index (χ1) is 8.95. The number of carbonyl (C=O) groups is 1. The summed E-state index contributed by atoms with van der Waals surface area (Å²) in [5.41, 5.74) is 0. The maximum Gasteiger partial charge on any atom is 0.247 e. The highest BCUT2D eigenvalue weighted by Crippen LogP contribution is 2.29. The smallest absolute Gasteiger partial charge is 0.247 e. The fraction of sp³-hybridized carbons (Fsp3) is 0.583. The number of thiophene rings is 1. The molecule has 0 unspecified atom stereocenters. The number of sulfonamides is 1. The molecule has 0 aromatic carbocycles. The molecule has 1 heterocycles. The molecule has 1 saturated carbocycles. The zero-order valence-electron chi connectivity index (χ0n) is 10.6. The molecule has 0 aliphatic heterocycles. The van der Waals surface area contributed by atoms with Crippen LogP contribution in [0.1, 0.15) is 30.6 Å². The quantitative estimate of drug-likeness (QED) is 0.828. The van der Waals surface area contributed by atoms with Gasteiger partial charge < -0.3 is 5.32 Å². The fourth-order valence-corrected chi connectivity index (χ4v) is 3.78. The Morgan fingerprint density at radius 3 is 2.68 bits per heavy atom. The largest absolute Gasteiger partial charge is 0.356 e. The molecule has 1 aliphatic carbocycles. The molecule has 1 amide bonds. The number of nitrogens with two attached hydrogens (primary N) is 1.